The predicted octanol–water partition coefficient (Wildman–Crippen LogP) is 4.77. The molecule has 0 aliphatic carbocycles. The monoisotopic (exact) mass is 436 g/mol. The highest BCUT2D eigenvalue weighted by Crippen LogP contribution is 2.33. The molecule has 33 heavy (non-hydrogen) atoms. The Morgan fingerprint density at radius 1 is 0.909 bits per heavy atom. The standard InChI is InChI=1S/C26H24N6O/c1-2-3-7-19-8-4-10-23(30-19)18-14-21(26-27-12-6-13-28-26)22-16-29-32(24(22)15-18)25-11-5-9-20(17-33)31-25/h4-6,8-16,33H,2-3,7,17H2,1H3. The number of unbranched alkanes of at least 4 members (excludes halogenated alkanes) is 1. The Morgan fingerprint density at radius 2 is 1.73 bits per heavy atom. The lowest BCUT2D eigenvalue weighted by Gasteiger charge is -2.10. The fourth-order valence-corrected chi connectivity index (χ4v) is 3.89. The van der Waals surface area contributed by atoms with E-state index in [-0.39, 0.29) is 6.61 Å². The van der Waals surface area contributed by atoms with Gasteiger partial charge in [0.15, 0.2) is 11.6 Å². The van der Waals surface area contributed by atoms with E-state index in [1.54, 1.807) is 29.2 Å². The van der Waals surface area contributed by atoms with Gasteiger partial charge >= 0.3 is 0 Å². The summed E-state index contributed by atoms with van der Waals surface area (Å²) in [6.07, 6.45) is 8.48. The second kappa shape index (κ2) is 9.26. The van der Waals surface area contributed by atoms with E-state index in [1.807, 2.05) is 24.4 Å². The minimum atomic E-state index is -0.129. The number of aliphatic hydroxyl groups is 1. The van der Waals surface area contributed by atoms with Gasteiger partial charge in [0.25, 0.3) is 0 Å². The van der Waals surface area contributed by atoms with Crippen molar-refractivity contribution in [3.05, 3.63) is 84.6 Å². The molecule has 0 aliphatic rings. The quantitative estimate of drug-likeness (QED) is 0.395. The number of hydrogen-bond acceptors (Lipinski definition) is 6. The minimum absolute atomic E-state index is 0.129. The molecule has 164 valence electrons. The van der Waals surface area contributed by atoms with Crippen molar-refractivity contribution in [2.75, 3.05) is 0 Å². The zero-order valence-electron chi connectivity index (χ0n) is 18.4. The molecule has 1 N–H and O–H groups in total. The third-order valence-electron chi connectivity index (χ3n) is 5.56. The molecule has 0 fully saturated rings. The molecule has 7 heteroatoms. The molecule has 4 heterocycles. The molecular weight excluding hydrogens is 412 g/mol. The van der Waals surface area contributed by atoms with Crippen molar-refractivity contribution in [3.63, 3.8) is 0 Å². The first-order valence-electron chi connectivity index (χ1n) is 11.1. The molecule has 4 aromatic heterocycles. The number of benzene rings is 1. The summed E-state index contributed by atoms with van der Waals surface area (Å²) in [7, 11) is 0. The number of aliphatic hydroxyl groups excluding tert-OH is 1. The van der Waals surface area contributed by atoms with Crippen LogP contribution in [0.25, 0.3) is 39.4 Å². The topological polar surface area (TPSA) is 89.6 Å². The number of pyridine rings is 2. The van der Waals surface area contributed by atoms with Gasteiger partial charge in [0.1, 0.15) is 0 Å². The molecule has 5 aromatic rings. The average Bonchev–Trinajstić information content (AvgIpc) is 3.32. The van der Waals surface area contributed by atoms with E-state index in [2.05, 4.69) is 51.2 Å². The largest absolute Gasteiger partial charge is 0.390 e. The Hall–Kier alpha value is -3.97. The van der Waals surface area contributed by atoms with Gasteiger partial charge in [0.05, 0.1) is 29.7 Å². The summed E-state index contributed by atoms with van der Waals surface area (Å²) in [5.41, 5.74) is 5.28. The first kappa shape index (κ1) is 20.9. The number of aromatic nitrogens is 6. The second-order valence-corrected chi connectivity index (χ2v) is 7.85. The molecule has 0 spiro atoms. The smallest absolute Gasteiger partial charge is 0.159 e. The van der Waals surface area contributed by atoms with Crippen molar-refractivity contribution in [1.29, 1.82) is 0 Å². The highest BCUT2D eigenvalue weighted by atomic mass is 16.3. The molecule has 0 atom stereocenters. The molecule has 7 nitrogen and oxygen atoms in total. The molecule has 5 rings (SSSR count). The summed E-state index contributed by atoms with van der Waals surface area (Å²) < 4.78 is 1.78. The van der Waals surface area contributed by atoms with E-state index in [0.717, 1.165) is 52.7 Å². The zero-order valence-corrected chi connectivity index (χ0v) is 18.4. The summed E-state index contributed by atoms with van der Waals surface area (Å²) in [5, 5.41) is 15.1. The maximum Gasteiger partial charge on any atom is 0.159 e. The summed E-state index contributed by atoms with van der Waals surface area (Å²) in [6, 6.07) is 17.6. The van der Waals surface area contributed by atoms with Crippen molar-refractivity contribution in [2.45, 2.75) is 32.8 Å². The number of nitrogens with zero attached hydrogens (tertiary/aromatic N) is 6. The maximum absolute atomic E-state index is 9.53. The first-order chi connectivity index (χ1) is 16.3. The van der Waals surface area contributed by atoms with E-state index in [1.165, 1.54) is 0 Å². The van der Waals surface area contributed by atoms with Crippen LogP contribution in [-0.4, -0.2) is 34.8 Å². The van der Waals surface area contributed by atoms with Crippen molar-refractivity contribution in [2.24, 2.45) is 0 Å². The lowest BCUT2D eigenvalue weighted by Crippen LogP contribution is -2.02. The van der Waals surface area contributed by atoms with Crippen LogP contribution in [0, 0.1) is 0 Å². The molecule has 0 aliphatic heterocycles. The fourth-order valence-electron chi connectivity index (χ4n) is 3.89. The van der Waals surface area contributed by atoms with Gasteiger partial charge in [0, 0.05) is 34.6 Å². The Balaban J connectivity index is 1.72. The van der Waals surface area contributed by atoms with Crippen LogP contribution in [-0.2, 0) is 13.0 Å². The van der Waals surface area contributed by atoms with Crippen LogP contribution in [0.1, 0.15) is 31.2 Å². The summed E-state index contributed by atoms with van der Waals surface area (Å²) in [4.78, 5) is 18.4. The predicted molar refractivity (Wildman–Crippen MR) is 128 cm³/mol. The average molecular weight is 437 g/mol. The van der Waals surface area contributed by atoms with Gasteiger partial charge in [0.2, 0.25) is 0 Å². The van der Waals surface area contributed by atoms with Gasteiger partial charge in [-0.3, -0.25) is 4.98 Å². The highest BCUT2D eigenvalue weighted by molar-refractivity contribution is 5.97. The molecule has 0 amide bonds. The SMILES string of the molecule is CCCCc1cccc(-c2cc(-c3ncccn3)c3cnn(-c4cccc(CO)n4)c3c2)n1. The second-order valence-electron chi connectivity index (χ2n) is 7.85. The van der Waals surface area contributed by atoms with Crippen molar-refractivity contribution in [3.8, 4) is 28.5 Å². The Labute approximate surface area is 191 Å². The van der Waals surface area contributed by atoms with Crippen molar-refractivity contribution >= 4 is 10.9 Å². The van der Waals surface area contributed by atoms with Gasteiger partial charge < -0.3 is 5.11 Å². The molecule has 0 unspecified atom stereocenters. The van der Waals surface area contributed by atoms with E-state index in [0.29, 0.717) is 17.3 Å². The normalized spacial score (nSPS) is 11.2. The highest BCUT2D eigenvalue weighted by Gasteiger charge is 2.16. The lowest BCUT2D eigenvalue weighted by atomic mass is 10.0. The molecule has 0 saturated heterocycles. The van der Waals surface area contributed by atoms with Crippen LogP contribution in [0.4, 0.5) is 0 Å². The molecule has 0 bridgehead atoms. The van der Waals surface area contributed by atoms with E-state index in [4.69, 9.17) is 4.98 Å². The van der Waals surface area contributed by atoms with Gasteiger partial charge in [-0.15, -0.1) is 0 Å². The number of fused-ring (bicyclic) bond motifs is 1. The van der Waals surface area contributed by atoms with E-state index < -0.39 is 0 Å². The van der Waals surface area contributed by atoms with E-state index in [9.17, 15) is 5.11 Å². The molecular formula is C26H24N6O. The van der Waals surface area contributed by atoms with Crippen molar-refractivity contribution in [1.82, 2.24) is 29.7 Å². The van der Waals surface area contributed by atoms with Gasteiger partial charge in [-0.1, -0.05) is 25.5 Å². The van der Waals surface area contributed by atoms with Crippen LogP contribution in [0.2, 0.25) is 0 Å². The molecule has 1 aromatic carbocycles. The van der Waals surface area contributed by atoms with Crippen LogP contribution >= 0.6 is 0 Å². The Morgan fingerprint density at radius 3 is 2.55 bits per heavy atom. The number of aryl methyl sites for hydroxylation is 1. The summed E-state index contributed by atoms with van der Waals surface area (Å²) in [6.45, 7) is 2.06. The Kier molecular flexibility index (Phi) is 5.87. The Bertz CT molecular complexity index is 1400. The molecule has 0 saturated carbocycles. The van der Waals surface area contributed by atoms with Gasteiger partial charge in [-0.25, -0.2) is 19.6 Å². The first-order valence-corrected chi connectivity index (χ1v) is 11.1. The third kappa shape index (κ3) is 4.23. The van der Waals surface area contributed by atoms with Crippen LogP contribution < -0.4 is 0 Å². The third-order valence-corrected chi connectivity index (χ3v) is 5.56. The van der Waals surface area contributed by atoms with Crippen LogP contribution in [0.3, 0.4) is 0 Å². The fraction of sp³-hybridized carbons (Fsp3) is 0.192. The maximum atomic E-state index is 9.53. The zero-order chi connectivity index (χ0) is 22.6. The summed E-state index contributed by atoms with van der Waals surface area (Å²) in [5.74, 6) is 1.27. The van der Waals surface area contributed by atoms with Crippen molar-refractivity contribution < 1.29 is 5.11 Å². The van der Waals surface area contributed by atoms with Gasteiger partial charge in [-0.2, -0.15) is 5.10 Å². The van der Waals surface area contributed by atoms with Crippen LogP contribution in [0.5, 0.6) is 0 Å². The molecule has 0 radical (unpaired) electrons. The minimum Gasteiger partial charge on any atom is -0.390 e. The summed E-state index contributed by atoms with van der Waals surface area (Å²) >= 11 is 0. The lowest BCUT2D eigenvalue weighted by molar-refractivity contribution is 0.276. The van der Waals surface area contributed by atoms with Gasteiger partial charge in [-0.05, 0) is 55.3 Å². The van der Waals surface area contributed by atoms with Crippen LogP contribution in [0.15, 0.2) is 73.2 Å². The van der Waals surface area contributed by atoms with E-state index >= 15 is 0 Å². The number of hydrogen-bond donors (Lipinski definition) is 1. The number of rotatable bonds is 7.